The zero-order chi connectivity index (χ0) is 13.4. The normalized spacial score (nSPS) is 14.2. The van der Waals surface area contributed by atoms with Crippen molar-refractivity contribution < 1.29 is 14.2 Å². The summed E-state index contributed by atoms with van der Waals surface area (Å²) in [6.07, 6.45) is 3.61. The van der Waals surface area contributed by atoms with Gasteiger partial charge in [-0.05, 0) is 42.4 Å². The maximum atomic E-state index is 13.3. The molecule has 3 heteroatoms. The topological polar surface area (TPSA) is 18.5 Å². The molecule has 1 aromatic rings. The van der Waals surface area contributed by atoms with E-state index in [1.807, 2.05) is 12.1 Å². The van der Waals surface area contributed by atoms with Crippen LogP contribution in [0.1, 0.15) is 31.2 Å². The van der Waals surface area contributed by atoms with Crippen molar-refractivity contribution in [3.8, 4) is 0 Å². The second kappa shape index (κ2) is 8.01. The minimum absolute atomic E-state index is 0.198. The Morgan fingerprint density at radius 2 is 2.22 bits per heavy atom. The molecule has 2 nitrogen and oxygen atoms in total. The predicted molar refractivity (Wildman–Crippen MR) is 70.7 cm³/mol. The highest BCUT2D eigenvalue weighted by Crippen LogP contribution is 2.31. The molecular weight excluding hydrogens is 231 g/mol. The highest BCUT2D eigenvalue weighted by atomic mass is 19.1. The standard InChI is InChI=1S/C15H21FO2/c1-4-7-13(11-18-17-3)15(5-2)12-8-6-9-14(16)10-12/h4,6,8-10,13,15H,1,5,7,11H2,2-3H3. The van der Waals surface area contributed by atoms with Crippen molar-refractivity contribution in [2.45, 2.75) is 25.7 Å². The molecule has 100 valence electrons. The average molecular weight is 252 g/mol. The van der Waals surface area contributed by atoms with Gasteiger partial charge in [0.15, 0.2) is 0 Å². The van der Waals surface area contributed by atoms with Gasteiger partial charge in [0.1, 0.15) is 5.82 Å². The Balaban J connectivity index is 2.86. The molecule has 0 aliphatic carbocycles. The third-order valence-corrected chi connectivity index (χ3v) is 3.16. The van der Waals surface area contributed by atoms with Gasteiger partial charge in [0, 0.05) is 0 Å². The fraction of sp³-hybridized carbons (Fsp3) is 0.467. The lowest BCUT2D eigenvalue weighted by Crippen LogP contribution is -2.18. The summed E-state index contributed by atoms with van der Waals surface area (Å²) in [5.74, 6) is 0.291. The summed E-state index contributed by atoms with van der Waals surface area (Å²) in [7, 11) is 1.49. The second-order valence-electron chi connectivity index (χ2n) is 4.31. The molecule has 1 aromatic carbocycles. The molecule has 0 spiro atoms. The molecular formula is C15H21FO2. The molecule has 0 aliphatic heterocycles. The number of halogens is 1. The summed E-state index contributed by atoms with van der Waals surface area (Å²) < 4.78 is 13.3. The molecule has 0 saturated carbocycles. The first kappa shape index (κ1) is 14.9. The zero-order valence-corrected chi connectivity index (χ0v) is 11.1. The van der Waals surface area contributed by atoms with Gasteiger partial charge in [-0.2, -0.15) is 0 Å². The fourth-order valence-corrected chi connectivity index (χ4v) is 2.30. The van der Waals surface area contributed by atoms with Gasteiger partial charge in [0.25, 0.3) is 0 Å². The Morgan fingerprint density at radius 3 is 2.78 bits per heavy atom. The van der Waals surface area contributed by atoms with Gasteiger partial charge >= 0.3 is 0 Å². The minimum Gasteiger partial charge on any atom is -0.240 e. The maximum absolute atomic E-state index is 13.3. The average Bonchev–Trinajstić information content (AvgIpc) is 2.37. The highest BCUT2D eigenvalue weighted by Gasteiger charge is 2.21. The van der Waals surface area contributed by atoms with Crippen LogP contribution in [0.15, 0.2) is 36.9 Å². The quantitative estimate of drug-likeness (QED) is 0.394. The first-order valence-electron chi connectivity index (χ1n) is 6.24. The van der Waals surface area contributed by atoms with Crippen LogP contribution in [0.25, 0.3) is 0 Å². The van der Waals surface area contributed by atoms with E-state index in [9.17, 15) is 4.39 Å². The molecule has 0 fully saturated rings. The molecule has 0 bridgehead atoms. The Hall–Kier alpha value is -1.19. The second-order valence-corrected chi connectivity index (χ2v) is 4.31. The van der Waals surface area contributed by atoms with Crippen LogP contribution in [-0.2, 0) is 9.78 Å². The Bertz CT molecular complexity index is 365. The van der Waals surface area contributed by atoms with Gasteiger partial charge in [0.2, 0.25) is 0 Å². The van der Waals surface area contributed by atoms with Gasteiger partial charge in [0.05, 0.1) is 13.7 Å². The van der Waals surface area contributed by atoms with Crippen molar-refractivity contribution in [2.24, 2.45) is 5.92 Å². The van der Waals surface area contributed by atoms with Crippen LogP contribution >= 0.6 is 0 Å². The third-order valence-electron chi connectivity index (χ3n) is 3.16. The Labute approximate surface area is 108 Å². The summed E-state index contributed by atoms with van der Waals surface area (Å²) in [6.45, 7) is 6.35. The zero-order valence-electron chi connectivity index (χ0n) is 11.1. The molecule has 2 atom stereocenters. The minimum atomic E-state index is -0.198. The van der Waals surface area contributed by atoms with Crippen molar-refractivity contribution in [1.82, 2.24) is 0 Å². The van der Waals surface area contributed by atoms with Crippen LogP contribution in [0.2, 0.25) is 0 Å². The summed E-state index contributed by atoms with van der Waals surface area (Å²) in [5, 5.41) is 0. The van der Waals surface area contributed by atoms with Crippen LogP contribution < -0.4 is 0 Å². The monoisotopic (exact) mass is 252 g/mol. The van der Waals surface area contributed by atoms with Crippen molar-refractivity contribution >= 4 is 0 Å². The van der Waals surface area contributed by atoms with E-state index in [2.05, 4.69) is 18.4 Å². The lowest BCUT2D eigenvalue weighted by atomic mass is 9.82. The first-order chi connectivity index (χ1) is 8.72. The van der Waals surface area contributed by atoms with Crippen LogP contribution in [0.5, 0.6) is 0 Å². The number of allylic oxidation sites excluding steroid dienone is 1. The van der Waals surface area contributed by atoms with E-state index >= 15 is 0 Å². The van der Waals surface area contributed by atoms with Crippen molar-refractivity contribution in [1.29, 1.82) is 0 Å². The Morgan fingerprint density at radius 1 is 1.44 bits per heavy atom. The van der Waals surface area contributed by atoms with Crippen LogP contribution in [-0.4, -0.2) is 13.7 Å². The SMILES string of the molecule is C=CCC(COOC)C(CC)c1cccc(F)c1. The van der Waals surface area contributed by atoms with Gasteiger partial charge in [-0.1, -0.05) is 25.1 Å². The summed E-state index contributed by atoms with van der Waals surface area (Å²) >= 11 is 0. The molecule has 18 heavy (non-hydrogen) atoms. The Kier molecular flexibility index (Phi) is 6.61. The molecule has 0 radical (unpaired) electrons. The predicted octanol–water partition coefficient (Wildman–Crippen LogP) is 4.09. The number of rotatable bonds is 8. The highest BCUT2D eigenvalue weighted by molar-refractivity contribution is 5.21. The van der Waals surface area contributed by atoms with Crippen molar-refractivity contribution in [3.05, 3.63) is 48.3 Å². The lowest BCUT2D eigenvalue weighted by molar-refractivity contribution is -0.280. The molecule has 0 N–H and O–H groups in total. The third kappa shape index (κ3) is 4.24. The summed E-state index contributed by atoms with van der Waals surface area (Å²) in [6, 6.07) is 6.76. The largest absolute Gasteiger partial charge is 0.240 e. The number of hydrogen-bond acceptors (Lipinski definition) is 2. The first-order valence-corrected chi connectivity index (χ1v) is 6.24. The number of benzene rings is 1. The van der Waals surface area contributed by atoms with Crippen LogP contribution in [0.4, 0.5) is 4.39 Å². The molecule has 0 aromatic heterocycles. The van der Waals surface area contributed by atoms with E-state index in [4.69, 9.17) is 4.89 Å². The maximum Gasteiger partial charge on any atom is 0.123 e. The molecule has 0 aliphatic rings. The molecule has 0 amide bonds. The fourth-order valence-electron chi connectivity index (χ4n) is 2.30. The van der Waals surface area contributed by atoms with E-state index in [1.165, 1.54) is 13.2 Å². The van der Waals surface area contributed by atoms with E-state index in [-0.39, 0.29) is 17.7 Å². The molecule has 0 saturated heterocycles. The summed E-state index contributed by atoms with van der Waals surface area (Å²) in [4.78, 5) is 9.71. The summed E-state index contributed by atoms with van der Waals surface area (Å²) in [5.41, 5.74) is 1.00. The number of hydrogen-bond donors (Lipinski definition) is 0. The smallest absolute Gasteiger partial charge is 0.123 e. The van der Waals surface area contributed by atoms with Gasteiger partial charge in [-0.25, -0.2) is 14.2 Å². The van der Waals surface area contributed by atoms with E-state index in [0.29, 0.717) is 6.61 Å². The van der Waals surface area contributed by atoms with Gasteiger partial charge in [-0.3, -0.25) is 0 Å². The molecule has 0 heterocycles. The van der Waals surface area contributed by atoms with E-state index < -0.39 is 0 Å². The van der Waals surface area contributed by atoms with Crippen LogP contribution in [0, 0.1) is 11.7 Å². The molecule has 1 rings (SSSR count). The van der Waals surface area contributed by atoms with E-state index in [0.717, 1.165) is 18.4 Å². The molecule has 2 unspecified atom stereocenters. The van der Waals surface area contributed by atoms with Crippen molar-refractivity contribution in [2.75, 3.05) is 13.7 Å². The van der Waals surface area contributed by atoms with Gasteiger partial charge < -0.3 is 0 Å². The lowest BCUT2D eigenvalue weighted by Gasteiger charge is -2.25. The van der Waals surface area contributed by atoms with Gasteiger partial charge in [-0.15, -0.1) is 6.58 Å². The van der Waals surface area contributed by atoms with Crippen molar-refractivity contribution in [3.63, 3.8) is 0 Å². The van der Waals surface area contributed by atoms with E-state index in [1.54, 1.807) is 12.1 Å². The van der Waals surface area contributed by atoms with Crippen LogP contribution in [0.3, 0.4) is 0 Å².